The summed E-state index contributed by atoms with van der Waals surface area (Å²) in [4.78, 5) is 71.9. The molecule has 1 aliphatic carbocycles. The average molecular weight is 897 g/mol. The van der Waals surface area contributed by atoms with E-state index in [1.54, 1.807) is 34.2 Å². The number of fused-ring (bicyclic) bond motifs is 3. The van der Waals surface area contributed by atoms with Gasteiger partial charge in [-0.2, -0.15) is 0 Å². The lowest BCUT2D eigenvalue weighted by Crippen LogP contribution is -2.58. The van der Waals surface area contributed by atoms with Crippen LogP contribution in [0.4, 0.5) is 39.2 Å². The third-order valence-corrected chi connectivity index (χ3v) is 14.3. The molecule has 3 N–H and O–H groups in total. The van der Waals surface area contributed by atoms with Crippen molar-refractivity contribution in [1.29, 1.82) is 0 Å². The number of carbonyl (C=O) groups is 3. The van der Waals surface area contributed by atoms with Crippen LogP contribution in [0.3, 0.4) is 0 Å². The number of nitrogens with one attached hydrogen (secondary N) is 2. The molecule has 66 heavy (non-hydrogen) atoms. The van der Waals surface area contributed by atoms with Crippen molar-refractivity contribution >= 4 is 52.2 Å². The summed E-state index contributed by atoms with van der Waals surface area (Å²) in [5, 5.41) is 16.3. The molecule has 3 fully saturated rings. The molecule has 3 atom stereocenters. The van der Waals surface area contributed by atoms with Crippen molar-refractivity contribution in [2.24, 2.45) is 12.4 Å². The highest BCUT2D eigenvalue weighted by atomic mass is 16.3. The fraction of sp³-hybridized carbons (Fsp3) is 0.440. The van der Waals surface area contributed by atoms with E-state index in [1.807, 2.05) is 30.3 Å². The topological polar surface area (TPSA) is 164 Å². The number of aliphatic hydroxyl groups is 1. The van der Waals surface area contributed by atoms with E-state index in [-0.39, 0.29) is 53.3 Å². The van der Waals surface area contributed by atoms with Gasteiger partial charge in [0.15, 0.2) is 0 Å². The largest absolute Gasteiger partial charge is 0.392 e. The van der Waals surface area contributed by atoms with Gasteiger partial charge in [-0.1, -0.05) is 19.9 Å². The number of amides is 4. The first-order chi connectivity index (χ1) is 33.0. The van der Waals surface area contributed by atoms with Crippen molar-refractivity contribution in [3.63, 3.8) is 0 Å². The molecule has 0 saturated carbocycles. The molecule has 1 aromatic carbocycles. The van der Waals surface area contributed by atoms with Crippen LogP contribution in [0, 0.1) is 5.41 Å². The van der Waals surface area contributed by atoms with Crippen molar-refractivity contribution in [3.05, 3.63) is 106 Å². The molecule has 4 amide bonds. The molecule has 3 saturated heterocycles. The molecule has 8 heterocycles. The van der Waals surface area contributed by atoms with Gasteiger partial charge in [0.25, 0.3) is 11.5 Å². The molecular formula is C50H59N11O5. The minimum atomic E-state index is -2.82. The van der Waals surface area contributed by atoms with Crippen molar-refractivity contribution in [1.82, 2.24) is 29.3 Å². The minimum absolute atomic E-state index is 0.0162. The number of rotatable bonds is 9. The predicted octanol–water partition coefficient (Wildman–Crippen LogP) is 5.68. The molecule has 16 nitrogen and oxygen atoms in total. The van der Waals surface area contributed by atoms with Gasteiger partial charge in [-0.3, -0.25) is 34.4 Å². The van der Waals surface area contributed by atoms with Crippen LogP contribution in [-0.4, -0.2) is 104 Å². The first-order valence-corrected chi connectivity index (χ1v) is 23.1. The van der Waals surface area contributed by atoms with Gasteiger partial charge in [0.2, 0.25) is 5.91 Å². The maximum Gasteiger partial charge on any atom is 0.328 e. The smallest absolute Gasteiger partial charge is 0.328 e. The number of hydrogen-bond acceptors (Lipinski definition) is 11. The highest BCUT2D eigenvalue weighted by Gasteiger charge is 2.38. The highest BCUT2D eigenvalue weighted by molar-refractivity contribution is 6.07. The number of piperidine rings is 1. The van der Waals surface area contributed by atoms with Crippen LogP contribution in [0.1, 0.15) is 78.4 Å². The summed E-state index contributed by atoms with van der Waals surface area (Å²) in [6.07, 6.45) is 8.64. The lowest BCUT2D eigenvalue weighted by atomic mass is 9.90. The second-order valence-corrected chi connectivity index (χ2v) is 19.3. The quantitative estimate of drug-likeness (QED) is 0.167. The van der Waals surface area contributed by atoms with E-state index in [4.69, 9.17) is 4.11 Å². The number of anilines is 6. The van der Waals surface area contributed by atoms with Crippen LogP contribution in [0.15, 0.2) is 78.0 Å². The van der Waals surface area contributed by atoms with E-state index >= 15 is 0 Å². The molecule has 10 rings (SSSR count). The molecule has 4 aromatic heterocycles. The summed E-state index contributed by atoms with van der Waals surface area (Å²) in [5.74, 6) is 0.173. The molecule has 16 heteroatoms. The number of imide groups is 1. The average Bonchev–Trinajstić information content (AvgIpc) is 3.81. The highest BCUT2D eigenvalue weighted by Crippen LogP contribution is 2.40. The summed E-state index contributed by atoms with van der Waals surface area (Å²) in [7, 11) is 0. The maximum atomic E-state index is 14.1. The first-order valence-electron chi connectivity index (χ1n) is 24.6. The van der Waals surface area contributed by atoms with E-state index in [9.17, 15) is 24.3 Å². The van der Waals surface area contributed by atoms with Gasteiger partial charge in [-0.05, 0) is 105 Å². The third-order valence-electron chi connectivity index (χ3n) is 14.3. The number of urea groups is 1. The van der Waals surface area contributed by atoms with Gasteiger partial charge in [-0.15, -0.1) is 0 Å². The molecule has 0 unspecified atom stereocenters. The normalized spacial score (nSPS) is 23.0. The zero-order valence-corrected chi connectivity index (χ0v) is 38.0. The van der Waals surface area contributed by atoms with Gasteiger partial charge in [0.1, 0.15) is 23.0 Å². The lowest BCUT2D eigenvalue weighted by molar-refractivity contribution is -0.120. The number of pyridine rings is 3. The number of benzene rings is 1. The van der Waals surface area contributed by atoms with E-state index in [0.29, 0.717) is 58.4 Å². The lowest BCUT2D eigenvalue weighted by Gasteiger charge is -2.48. The Morgan fingerprint density at radius 3 is 2.47 bits per heavy atom. The number of aliphatic hydroxyl groups excluding tert-OH is 1. The second-order valence-electron chi connectivity index (χ2n) is 19.3. The minimum Gasteiger partial charge on any atom is -0.392 e. The zero-order valence-electron chi connectivity index (χ0n) is 41.0. The van der Waals surface area contributed by atoms with Crippen LogP contribution in [-0.2, 0) is 37.8 Å². The van der Waals surface area contributed by atoms with Gasteiger partial charge in [0, 0.05) is 122 Å². The van der Waals surface area contributed by atoms with Gasteiger partial charge >= 0.3 is 6.03 Å². The first kappa shape index (κ1) is 39.8. The molecule has 4 aliphatic heterocycles. The molecule has 0 radical (unpaired) electrons. The molecule has 5 aromatic rings. The standard InChI is InChI=1S/C50H59N11O5/c1-31-21-35(12-15-57(31)36-7-6-8-37(24-36)59-16-13-45(63)54-49(59)66)56-17-18-58(32(2)28-56)38-9-10-44(52-27-38)53-41-22-34(29-55(5)47(41)64)39-11-14-51-46(40(39)30-62)61-20-19-60-42(48(61)65)23-33-25-50(3,4)26-43(33)60/h6-11,14,22-24,27,29,31-32,35,62H,12-13,15-21,25-26,28,30H2,1-5H3,(H,52,53)(H,54,63,66)/t31-,32-,35-/m0/s1/i5D3. The number of nitrogens with zero attached hydrogens (tertiary/aromatic N) is 9. The fourth-order valence-corrected chi connectivity index (χ4v) is 11.1. The van der Waals surface area contributed by atoms with Gasteiger partial charge in [0.05, 0.1) is 18.5 Å². The number of aromatic nitrogens is 4. The molecule has 5 aliphatic rings. The number of carbonyl (C=O) groups excluding carboxylic acids is 3. The van der Waals surface area contributed by atoms with Crippen LogP contribution < -0.4 is 35.8 Å². The monoisotopic (exact) mass is 896 g/mol. The Labute approximate surface area is 389 Å². The van der Waals surface area contributed by atoms with Crippen molar-refractivity contribution in [2.45, 2.75) is 91.1 Å². The third kappa shape index (κ3) is 7.99. The predicted molar refractivity (Wildman–Crippen MR) is 256 cm³/mol. The SMILES string of the molecule is [2H]C([2H])([2H])n1cc(-c2ccnc(N3CCn4c(cc5c4CC(C)(C)C5)C3=O)c2CO)cc(Nc2ccc(N3CCN([C@H]4CCN(c5cccc(N6CCC(=O)NC6=O)c5)[C@@H](C)C4)C[C@@H]3C)cn2)c1=O. The Balaban J connectivity index is 0.816. The van der Waals surface area contributed by atoms with Crippen LogP contribution in [0.25, 0.3) is 11.1 Å². The summed E-state index contributed by atoms with van der Waals surface area (Å²) in [5.41, 5.74) is 6.23. The number of hydrogen-bond donors (Lipinski definition) is 3. The Hall–Kier alpha value is -6.52. The number of piperazine rings is 1. The van der Waals surface area contributed by atoms with Crippen LogP contribution in [0.2, 0.25) is 0 Å². The maximum absolute atomic E-state index is 14.1. The summed E-state index contributed by atoms with van der Waals surface area (Å²) >= 11 is 0. The van der Waals surface area contributed by atoms with E-state index in [0.717, 1.165) is 68.9 Å². The summed E-state index contributed by atoms with van der Waals surface area (Å²) in [6.45, 7) is 10.4. The summed E-state index contributed by atoms with van der Waals surface area (Å²) < 4.78 is 27.6. The Morgan fingerprint density at radius 1 is 0.879 bits per heavy atom. The Kier molecular flexibility index (Phi) is 10.3. The molecule has 344 valence electrons. The molecular weight excluding hydrogens is 835 g/mol. The Bertz CT molecular complexity index is 2900. The van der Waals surface area contributed by atoms with E-state index in [2.05, 4.69) is 73.6 Å². The van der Waals surface area contributed by atoms with E-state index < -0.39 is 19.1 Å². The Morgan fingerprint density at radius 2 is 1.71 bits per heavy atom. The van der Waals surface area contributed by atoms with Crippen molar-refractivity contribution < 1.29 is 23.6 Å². The zero-order chi connectivity index (χ0) is 48.5. The van der Waals surface area contributed by atoms with Crippen molar-refractivity contribution in [3.8, 4) is 11.1 Å². The molecule has 0 bridgehead atoms. The van der Waals surface area contributed by atoms with Crippen LogP contribution >= 0.6 is 0 Å². The van der Waals surface area contributed by atoms with Gasteiger partial charge in [-0.25, -0.2) is 14.8 Å². The fourth-order valence-electron chi connectivity index (χ4n) is 11.1. The van der Waals surface area contributed by atoms with Crippen LogP contribution in [0.5, 0.6) is 0 Å². The second kappa shape index (κ2) is 17.0. The van der Waals surface area contributed by atoms with Gasteiger partial charge < -0.3 is 29.4 Å². The van der Waals surface area contributed by atoms with Crippen molar-refractivity contribution in [2.75, 3.05) is 64.2 Å². The number of aryl methyl sites for hydroxylation is 1. The molecule has 0 spiro atoms. The van der Waals surface area contributed by atoms with E-state index in [1.165, 1.54) is 23.7 Å². The summed E-state index contributed by atoms with van der Waals surface area (Å²) in [6, 6.07) is 17.4.